The van der Waals surface area contributed by atoms with Crippen molar-refractivity contribution in [3.8, 4) is 0 Å². The van der Waals surface area contributed by atoms with E-state index in [4.69, 9.17) is 0 Å². The SMILES string of the molecule is CCCCC(=O)C(=O)ON=C=O. The lowest BCUT2D eigenvalue weighted by Gasteiger charge is -1.93. The van der Waals surface area contributed by atoms with E-state index in [-0.39, 0.29) is 6.42 Å². The summed E-state index contributed by atoms with van der Waals surface area (Å²) in [7, 11) is 0. The third-order valence-corrected chi connectivity index (χ3v) is 1.15. The molecule has 0 rings (SSSR count). The first-order valence-corrected chi connectivity index (χ1v) is 3.53. The summed E-state index contributed by atoms with van der Waals surface area (Å²) in [5.74, 6) is -1.78. The standard InChI is InChI=1S/C7H9NO4/c1-2-3-4-6(10)7(11)12-8-5-9/h2-4H2,1H3. The van der Waals surface area contributed by atoms with E-state index < -0.39 is 11.8 Å². The second-order valence-electron chi connectivity index (χ2n) is 2.09. The zero-order valence-electron chi connectivity index (χ0n) is 6.70. The van der Waals surface area contributed by atoms with E-state index in [2.05, 4.69) is 9.99 Å². The van der Waals surface area contributed by atoms with Gasteiger partial charge in [0, 0.05) is 11.6 Å². The van der Waals surface area contributed by atoms with E-state index >= 15 is 0 Å². The van der Waals surface area contributed by atoms with Crippen LogP contribution in [0.3, 0.4) is 0 Å². The average Bonchev–Trinajstić information content (AvgIpc) is 2.10. The number of hydrogen-bond acceptors (Lipinski definition) is 5. The monoisotopic (exact) mass is 171 g/mol. The maximum absolute atomic E-state index is 10.7. The summed E-state index contributed by atoms with van der Waals surface area (Å²) in [6.07, 6.45) is 2.56. The summed E-state index contributed by atoms with van der Waals surface area (Å²) >= 11 is 0. The fraction of sp³-hybridized carbons (Fsp3) is 0.571. The van der Waals surface area contributed by atoms with Crippen molar-refractivity contribution in [2.45, 2.75) is 26.2 Å². The molecule has 0 bridgehead atoms. The first kappa shape index (κ1) is 10.5. The van der Waals surface area contributed by atoms with Crippen LogP contribution in [0.25, 0.3) is 0 Å². The van der Waals surface area contributed by atoms with Gasteiger partial charge in [0.15, 0.2) is 0 Å². The maximum Gasteiger partial charge on any atom is 0.402 e. The van der Waals surface area contributed by atoms with Gasteiger partial charge in [-0.15, -0.1) is 0 Å². The lowest BCUT2D eigenvalue weighted by atomic mass is 10.2. The van der Waals surface area contributed by atoms with Crippen LogP contribution in [0.1, 0.15) is 26.2 Å². The molecule has 0 aromatic heterocycles. The predicted octanol–water partition coefficient (Wildman–Crippen LogP) is 0.540. The third-order valence-electron chi connectivity index (χ3n) is 1.15. The van der Waals surface area contributed by atoms with Crippen LogP contribution < -0.4 is 0 Å². The molecule has 0 aromatic rings. The molecule has 66 valence electrons. The summed E-state index contributed by atoms with van der Waals surface area (Å²) in [5, 5.41) is 2.52. The van der Waals surface area contributed by atoms with Gasteiger partial charge >= 0.3 is 5.97 Å². The van der Waals surface area contributed by atoms with Gasteiger partial charge < -0.3 is 0 Å². The minimum Gasteiger partial charge on any atom is -0.298 e. The number of Topliss-reactive ketones (excluding diaryl/α,β-unsaturated/α-hetero) is 1. The summed E-state index contributed by atoms with van der Waals surface area (Å²) in [6, 6.07) is 0. The molecule has 0 aliphatic rings. The van der Waals surface area contributed by atoms with Gasteiger partial charge in [-0.3, -0.25) is 9.63 Å². The Hall–Kier alpha value is -1.48. The predicted molar refractivity (Wildman–Crippen MR) is 38.7 cm³/mol. The van der Waals surface area contributed by atoms with E-state index in [9.17, 15) is 14.4 Å². The van der Waals surface area contributed by atoms with Crippen molar-refractivity contribution in [1.82, 2.24) is 0 Å². The summed E-state index contributed by atoms with van der Waals surface area (Å²) in [6.45, 7) is 1.89. The topological polar surface area (TPSA) is 72.8 Å². The Morgan fingerprint density at radius 3 is 2.67 bits per heavy atom. The Bertz CT molecular complexity index is 217. The van der Waals surface area contributed by atoms with Gasteiger partial charge in [-0.2, -0.15) is 0 Å². The number of isocyanates is 1. The lowest BCUT2D eigenvalue weighted by molar-refractivity contribution is -0.153. The summed E-state index contributed by atoms with van der Waals surface area (Å²) < 4.78 is 0. The maximum atomic E-state index is 10.7. The number of hydrogen-bond donors (Lipinski definition) is 0. The van der Waals surface area contributed by atoms with Crippen molar-refractivity contribution >= 4 is 17.8 Å². The Kier molecular flexibility index (Phi) is 5.47. The Morgan fingerprint density at radius 2 is 2.17 bits per heavy atom. The smallest absolute Gasteiger partial charge is 0.298 e. The van der Waals surface area contributed by atoms with Crippen LogP contribution in [0.4, 0.5) is 0 Å². The Morgan fingerprint density at radius 1 is 1.50 bits per heavy atom. The minimum atomic E-state index is -1.10. The molecule has 0 spiro atoms. The molecule has 0 saturated heterocycles. The van der Waals surface area contributed by atoms with E-state index in [1.54, 1.807) is 0 Å². The molecule has 0 amide bonds. The van der Waals surface area contributed by atoms with Crippen LogP contribution >= 0.6 is 0 Å². The normalized spacial score (nSPS) is 8.42. The van der Waals surface area contributed by atoms with Gasteiger partial charge in [0.25, 0.3) is 6.08 Å². The average molecular weight is 171 g/mol. The fourth-order valence-electron chi connectivity index (χ4n) is 0.550. The number of carbonyl (C=O) groups is 2. The van der Waals surface area contributed by atoms with E-state index in [1.807, 2.05) is 6.92 Å². The number of ketones is 1. The molecule has 12 heavy (non-hydrogen) atoms. The second-order valence-corrected chi connectivity index (χ2v) is 2.09. The molecule has 5 heteroatoms. The molecule has 0 radical (unpaired) electrons. The Labute approximate surface area is 69.4 Å². The van der Waals surface area contributed by atoms with E-state index in [1.165, 1.54) is 0 Å². The van der Waals surface area contributed by atoms with Crippen LogP contribution in [0, 0.1) is 0 Å². The lowest BCUT2D eigenvalue weighted by Crippen LogP contribution is -2.14. The number of nitrogens with zero attached hydrogens (tertiary/aromatic N) is 1. The first-order chi connectivity index (χ1) is 5.72. The minimum absolute atomic E-state index is 0.129. The highest BCUT2D eigenvalue weighted by Crippen LogP contribution is 1.96. The van der Waals surface area contributed by atoms with Gasteiger partial charge in [0.2, 0.25) is 5.78 Å². The molecule has 0 aromatic carbocycles. The van der Waals surface area contributed by atoms with Gasteiger partial charge in [-0.05, 0) is 6.42 Å². The zero-order chi connectivity index (χ0) is 9.40. The molecule has 0 unspecified atom stereocenters. The van der Waals surface area contributed by atoms with E-state index in [0.29, 0.717) is 6.42 Å². The number of rotatable bonds is 5. The van der Waals surface area contributed by atoms with Crippen LogP contribution in [-0.4, -0.2) is 17.8 Å². The largest absolute Gasteiger partial charge is 0.402 e. The summed E-state index contributed by atoms with van der Waals surface area (Å²) in [5.41, 5.74) is 0. The highest BCUT2D eigenvalue weighted by molar-refractivity contribution is 6.33. The molecule has 0 heterocycles. The molecule has 0 N–H and O–H groups in total. The first-order valence-electron chi connectivity index (χ1n) is 3.53. The van der Waals surface area contributed by atoms with Crippen LogP contribution in [-0.2, 0) is 19.2 Å². The van der Waals surface area contributed by atoms with Crippen molar-refractivity contribution in [3.05, 3.63) is 0 Å². The molecule has 0 fully saturated rings. The van der Waals surface area contributed by atoms with Gasteiger partial charge in [-0.25, -0.2) is 9.59 Å². The van der Waals surface area contributed by atoms with Gasteiger partial charge in [0.1, 0.15) is 0 Å². The third kappa shape index (κ3) is 4.35. The van der Waals surface area contributed by atoms with Gasteiger partial charge in [-0.1, -0.05) is 13.3 Å². The second kappa shape index (κ2) is 6.24. The Balaban J connectivity index is 3.77. The van der Waals surface area contributed by atoms with Crippen LogP contribution in [0.15, 0.2) is 5.16 Å². The summed E-state index contributed by atoms with van der Waals surface area (Å²) in [4.78, 5) is 34.6. The highest BCUT2D eigenvalue weighted by atomic mass is 16.7. The van der Waals surface area contributed by atoms with Crippen molar-refractivity contribution in [2.75, 3.05) is 0 Å². The van der Waals surface area contributed by atoms with Crippen molar-refractivity contribution in [3.63, 3.8) is 0 Å². The number of carbonyl (C=O) groups excluding carboxylic acids is 3. The molecule has 0 aliphatic carbocycles. The van der Waals surface area contributed by atoms with Crippen LogP contribution in [0.5, 0.6) is 0 Å². The van der Waals surface area contributed by atoms with Crippen molar-refractivity contribution in [2.24, 2.45) is 5.16 Å². The zero-order valence-corrected chi connectivity index (χ0v) is 6.70. The van der Waals surface area contributed by atoms with Crippen molar-refractivity contribution < 1.29 is 19.2 Å². The molecule has 0 saturated carbocycles. The number of unbranched alkanes of at least 4 members (excludes halogenated alkanes) is 1. The van der Waals surface area contributed by atoms with E-state index in [0.717, 1.165) is 12.5 Å². The quantitative estimate of drug-likeness (QED) is 0.199. The molecule has 0 aliphatic heterocycles. The highest BCUT2D eigenvalue weighted by Gasteiger charge is 2.14. The van der Waals surface area contributed by atoms with Crippen LogP contribution in [0.2, 0.25) is 0 Å². The van der Waals surface area contributed by atoms with Crippen molar-refractivity contribution in [1.29, 1.82) is 0 Å². The molecule has 5 nitrogen and oxygen atoms in total. The fourth-order valence-corrected chi connectivity index (χ4v) is 0.550. The molecular weight excluding hydrogens is 162 g/mol. The molecule has 0 atom stereocenters. The van der Waals surface area contributed by atoms with Gasteiger partial charge in [0.05, 0.1) is 0 Å². The molecular formula is C7H9NO4.